The summed E-state index contributed by atoms with van der Waals surface area (Å²) in [5, 5.41) is 1.82. The fraction of sp³-hybridized carbons (Fsp3) is 0.217. The van der Waals surface area contributed by atoms with E-state index in [1.807, 2.05) is 47.3 Å². The molecule has 3 aromatic rings. The molecule has 1 aliphatic heterocycles. The van der Waals surface area contributed by atoms with Crippen molar-refractivity contribution >= 4 is 39.1 Å². The van der Waals surface area contributed by atoms with Crippen molar-refractivity contribution in [3.63, 3.8) is 0 Å². The lowest BCUT2D eigenvalue weighted by atomic mass is 10.1. The van der Waals surface area contributed by atoms with Gasteiger partial charge in [-0.15, -0.1) is 11.3 Å². The number of aliphatic imine (C=N–C) groups is 1. The van der Waals surface area contributed by atoms with Gasteiger partial charge < -0.3 is 9.30 Å². The smallest absolute Gasteiger partial charge is 0.331 e. The van der Waals surface area contributed by atoms with Crippen LogP contribution in [-0.2, 0) is 30.9 Å². The summed E-state index contributed by atoms with van der Waals surface area (Å²) in [5.74, 6) is -1.31. The zero-order valence-electron chi connectivity index (χ0n) is 18.5. The second-order valence-electron chi connectivity index (χ2n) is 7.67. The zero-order chi connectivity index (χ0) is 24.3. The van der Waals surface area contributed by atoms with Crippen LogP contribution in [-0.4, -0.2) is 43.3 Å². The molecule has 9 nitrogen and oxygen atoms in total. The lowest BCUT2D eigenvalue weighted by Gasteiger charge is -2.08. The first kappa shape index (κ1) is 23.6. The molecule has 0 radical (unpaired) electrons. The molecule has 34 heavy (non-hydrogen) atoms. The van der Waals surface area contributed by atoms with Crippen LogP contribution < -0.4 is 9.52 Å². The average Bonchev–Trinajstić information content (AvgIpc) is 3.34. The van der Waals surface area contributed by atoms with Crippen molar-refractivity contribution in [1.29, 1.82) is 0 Å². The van der Waals surface area contributed by atoms with Crippen molar-refractivity contribution in [2.24, 2.45) is 9.98 Å². The Kier molecular flexibility index (Phi) is 6.75. The number of sulfonamides is 1. The number of hydrogen-bond donors (Lipinski definition) is 1. The van der Waals surface area contributed by atoms with Crippen molar-refractivity contribution < 1.29 is 22.7 Å². The van der Waals surface area contributed by atoms with E-state index in [-0.39, 0.29) is 10.7 Å². The lowest BCUT2D eigenvalue weighted by molar-refractivity contribution is -0.148. The number of amides is 1. The second-order valence-corrected chi connectivity index (χ2v) is 10.2. The second kappa shape index (κ2) is 9.74. The summed E-state index contributed by atoms with van der Waals surface area (Å²) in [6.45, 7) is 3.49. The van der Waals surface area contributed by atoms with Gasteiger partial charge in [-0.25, -0.2) is 13.2 Å². The van der Waals surface area contributed by atoms with Gasteiger partial charge in [0.2, 0.25) is 0 Å². The van der Waals surface area contributed by atoms with Crippen LogP contribution in [0.2, 0.25) is 0 Å². The zero-order valence-corrected chi connectivity index (χ0v) is 20.1. The van der Waals surface area contributed by atoms with Crippen molar-refractivity contribution in [2.45, 2.75) is 31.3 Å². The number of nitrogens with one attached hydrogen (secondary N) is 1. The number of amidine groups is 1. The predicted molar refractivity (Wildman–Crippen MR) is 127 cm³/mol. The van der Waals surface area contributed by atoms with E-state index in [4.69, 9.17) is 4.74 Å². The summed E-state index contributed by atoms with van der Waals surface area (Å²) < 4.78 is 33.6. The number of benzene rings is 2. The lowest BCUT2D eigenvalue weighted by Crippen LogP contribution is -2.28. The molecule has 0 saturated carbocycles. The standard InChI is InChI=1S/C23H22N4O5S2/c1-15-7-9-17(10-8-15)13-27-11-12-33-23(27)25-20(28)14-32-22(29)16(2)24-21-18-5-3-4-6-19(18)34(30,31)26-21/h3-12,16H,13-14H2,1-2H3,(H,24,26)/t16-/m0/s1. The van der Waals surface area contributed by atoms with Crippen molar-refractivity contribution in [1.82, 2.24) is 9.29 Å². The van der Waals surface area contributed by atoms with Crippen LogP contribution >= 0.6 is 11.3 Å². The first-order valence-corrected chi connectivity index (χ1v) is 12.7. The molecule has 0 fully saturated rings. The highest BCUT2D eigenvalue weighted by Crippen LogP contribution is 2.22. The van der Waals surface area contributed by atoms with Gasteiger partial charge in [-0.05, 0) is 31.5 Å². The molecule has 11 heteroatoms. The van der Waals surface area contributed by atoms with Gasteiger partial charge in [0.15, 0.2) is 11.4 Å². The number of rotatable bonds is 6. The number of thiazole rings is 1. The molecule has 4 rings (SSSR count). The molecule has 0 aliphatic carbocycles. The number of aryl methyl sites for hydroxylation is 1. The summed E-state index contributed by atoms with van der Waals surface area (Å²) in [6.07, 6.45) is 1.83. The fourth-order valence-corrected chi connectivity index (χ4v) is 5.25. The van der Waals surface area contributed by atoms with E-state index in [1.54, 1.807) is 18.2 Å². The van der Waals surface area contributed by atoms with E-state index < -0.39 is 34.5 Å². The summed E-state index contributed by atoms with van der Waals surface area (Å²) in [5.41, 5.74) is 2.61. The highest BCUT2D eigenvalue weighted by atomic mass is 32.2. The Hall–Kier alpha value is -3.57. The topological polar surface area (TPSA) is 119 Å². The first-order chi connectivity index (χ1) is 16.2. The van der Waals surface area contributed by atoms with Crippen LogP contribution in [0.15, 0.2) is 75.0 Å². The molecule has 0 saturated heterocycles. The van der Waals surface area contributed by atoms with Crippen molar-refractivity contribution in [2.75, 3.05) is 6.61 Å². The summed E-state index contributed by atoms with van der Waals surface area (Å²) >= 11 is 1.30. The van der Waals surface area contributed by atoms with Gasteiger partial charge in [0.1, 0.15) is 11.9 Å². The van der Waals surface area contributed by atoms with Gasteiger partial charge in [-0.1, -0.05) is 42.0 Å². The Balaban J connectivity index is 1.39. The molecule has 176 valence electrons. The highest BCUT2D eigenvalue weighted by Gasteiger charge is 2.31. The fourth-order valence-electron chi connectivity index (χ4n) is 3.27. The number of aromatic nitrogens is 1. The Morgan fingerprint density at radius 3 is 2.65 bits per heavy atom. The predicted octanol–water partition coefficient (Wildman–Crippen LogP) is 2.00. The van der Waals surface area contributed by atoms with Gasteiger partial charge in [-0.3, -0.25) is 14.5 Å². The summed E-state index contributed by atoms with van der Waals surface area (Å²) in [6, 6.07) is 13.4. The maximum atomic E-state index is 12.3. The molecule has 1 atom stereocenters. The van der Waals surface area contributed by atoms with E-state index in [9.17, 15) is 18.0 Å². The molecule has 0 spiro atoms. The normalized spacial score (nSPS) is 16.6. The van der Waals surface area contributed by atoms with Crippen LogP contribution in [0.25, 0.3) is 0 Å². The van der Waals surface area contributed by atoms with Crippen LogP contribution in [0.1, 0.15) is 23.6 Å². The highest BCUT2D eigenvalue weighted by molar-refractivity contribution is 7.90. The molecule has 1 N–H and O–H groups in total. The Labute approximate surface area is 200 Å². The van der Waals surface area contributed by atoms with Crippen LogP contribution in [0.4, 0.5) is 0 Å². The quantitative estimate of drug-likeness (QED) is 0.522. The van der Waals surface area contributed by atoms with Crippen LogP contribution in [0.3, 0.4) is 0 Å². The van der Waals surface area contributed by atoms with Crippen molar-refractivity contribution in [3.8, 4) is 0 Å². The third-order valence-corrected chi connectivity index (χ3v) is 7.21. The third kappa shape index (κ3) is 5.32. The van der Waals surface area contributed by atoms with Gasteiger partial charge in [0, 0.05) is 23.7 Å². The van der Waals surface area contributed by atoms with Gasteiger partial charge >= 0.3 is 5.97 Å². The molecular formula is C23H22N4O5S2. The van der Waals surface area contributed by atoms with Crippen molar-refractivity contribution in [3.05, 3.63) is 81.6 Å². The number of esters is 1. The van der Waals surface area contributed by atoms with E-state index in [2.05, 4.69) is 14.7 Å². The number of hydrogen-bond acceptors (Lipinski definition) is 7. The van der Waals surface area contributed by atoms with E-state index >= 15 is 0 Å². The SMILES string of the molecule is Cc1ccc(Cn2ccsc2=NC(=O)COC(=O)[C@H](C)N=C2NS(=O)(=O)c3ccccc32)cc1. The van der Waals surface area contributed by atoms with E-state index in [1.165, 1.54) is 24.3 Å². The minimum atomic E-state index is -3.71. The first-order valence-electron chi connectivity index (χ1n) is 10.4. The molecule has 0 bridgehead atoms. The average molecular weight is 499 g/mol. The molecular weight excluding hydrogens is 476 g/mol. The monoisotopic (exact) mass is 498 g/mol. The van der Waals surface area contributed by atoms with E-state index in [0.717, 1.165) is 11.1 Å². The minimum absolute atomic E-state index is 0.0618. The van der Waals surface area contributed by atoms with Crippen LogP contribution in [0, 0.1) is 6.92 Å². The van der Waals surface area contributed by atoms with Gasteiger partial charge in [0.05, 0.1) is 4.90 Å². The van der Waals surface area contributed by atoms with E-state index in [0.29, 0.717) is 16.9 Å². The maximum Gasteiger partial charge on any atom is 0.331 e. The molecule has 1 aliphatic rings. The van der Waals surface area contributed by atoms with Gasteiger partial charge in [0.25, 0.3) is 15.9 Å². The number of fused-ring (bicyclic) bond motifs is 1. The number of ether oxygens (including phenoxy) is 1. The van der Waals surface area contributed by atoms with Gasteiger partial charge in [-0.2, -0.15) is 4.99 Å². The summed E-state index contributed by atoms with van der Waals surface area (Å²) in [4.78, 5) is 33.4. The van der Waals surface area contributed by atoms with Crippen LogP contribution in [0.5, 0.6) is 0 Å². The Morgan fingerprint density at radius 1 is 1.15 bits per heavy atom. The minimum Gasteiger partial charge on any atom is -0.454 e. The third-order valence-electron chi connectivity index (χ3n) is 5.02. The molecule has 2 aromatic carbocycles. The Morgan fingerprint density at radius 2 is 1.88 bits per heavy atom. The summed E-state index contributed by atoms with van der Waals surface area (Å²) in [7, 11) is -3.71. The molecule has 0 unspecified atom stereocenters. The number of nitrogens with zero attached hydrogens (tertiary/aromatic N) is 3. The number of carbonyl (C=O) groups excluding carboxylic acids is 2. The maximum absolute atomic E-state index is 12.3. The largest absolute Gasteiger partial charge is 0.454 e. The number of carbonyl (C=O) groups is 2. The Bertz CT molecular complexity index is 1440. The molecule has 2 heterocycles. The molecule has 1 amide bonds. The molecule has 1 aromatic heterocycles.